The van der Waals surface area contributed by atoms with Crippen LogP contribution in [0.1, 0.15) is 35.6 Å². The van der Waals surface area contributed by atoms with Crippen LogP contribution in [0, 0.1) is 26.7 Å². The molecule has 1 heterocycles. The first-order valence-corrected chi connectivity index (χ1v) is 7.34. The highest BCUT2D eigenvalue weighted by Gasteiger charge is 2.24. The van der Waals surface area contributed by atoms with E-state index in [1.54, 1.807) is 0 Å². The van der Waals surface area contributed by atoms with Crippen molar-refractivity contribution in [2.75, 3.05) is 13.1 Å². The highest BCUT2D eigenvalue weighted by molar-refractivity contribution is 6.21. The molecule has 100 valence electrons. The molecule has 0 N–H and O–H groups in total. The van der Waals surface area contributed by atoms with Crippen LogP contribution < -0.4 is 0 Å². The van der Waals surface area contributed by atoms with Gasteiger partial charge in [-0.1, -0.05) is 24.6 Å². The monoisotopic (exact) mass is 265 g/mol. The molecule has 0 spiro atoms. The average molecular weight is 266 g/mol. The lowest BCUT2D eigenvalue weighted by Crippen LogP contribution is -2.40. The van der Waals surface area contributed by atoms with Gasteiger partial charge in [0.05, 0.1) is 0 Å². The Morgan fingerprint density at radius 2 is 1.83 bits per heavy atom. The van der Waals surface area contributed by atoms with E-state index < -0.39 is 0 Å². The lowest BCUT2D eigenvalue weighted by Gasteiger charge is -2.34. The largest absolute Gasteiger partial charge is 0.298 e. The van der Waals surface area contributed by atoms with Crippen LogP contribution in [0.25, 0.3) is 0 Å². The molecule has 0 aliphatic carbocycles. The zero-order valence-corrected chi connectivity index (χ0v) is 12.7. The van der Waals surface area contributed by atoms with E-state index in [9.17, 15) is 0 Å². The van der Waals surface area contributed by atoms with Gasteiger partial charge in [-0.05, 0) is 56.3 Å². The molecule has 0 aromatic heterocycles. The number of alkyl halides is 1. The molecule has 2 rings (SSSR count). The number of benzene rings is 1. The summed E-state index contributed by atoms with van der Waals surface area (Å²) in [6.45, 7) is 12.1. The predicted octanol–water partition coefficient (Wildman–Crippen LogP) is 4.06. The van der Waals surface area contributed by atoms with E-state index in [1.165, 1.54) is 35.2 Å². The van der Waals surface area contributed by atoms with E-state index in [2.05, 4.69) is 44.7 Å². The normalized spacial score (nSPS) is 25.4. The van der Waals surface area contributed by atoms with Crippen LogP contribution in [0.15, 0.2) is 12.1 Å². The second-order valence-corrected chi connectivity index (χ2v) is 6.45. The number of piperidine rings is 1. The summed E-state index contributed by atoms with van der Waals surface area (Å²) >= 11 is 6.39. The molecule has 2 atom stereocenters. The van der Waals surface area contributed by atoms with Gasteiger partial charge in [-0.25, -0.2) is 0 Å². The van der Waals surface area contributed by atoms with Gasteiger partial charge in [-0.2, -0.15) is 0 Å². The first-order chi connectivity index (χ1) is 8.47. The molecule has 1 saturated heterocycles. The molecule has 1 aromatic rings. The second-order valence-electron chi connectivity index (χ2n) is 5.89. The standard InChI is InChI=1S/C16H24ClN/c1-11-7-13(3)15(14(4)8-11)9-18-6-5-12(2)16(17)10-18/h7-8,12,16H,5-6,9-10H2,1-4H3. The molecule has 2 heteroatoms. The third-order valence-electron chi connectivity index (χ3n) is 4.17. The fourth-order valence-corrected chi connectivity index (χ4v) is 3.23. The van der Waals surface area contributed by atoms with E-state index in [1.807, 2.05) is 0 Å². The summed E-state index contributed by atoms with van der Waals surface area (Å²) in [7, 11) is 0. The maximum Gasteiger partial charge on any atom is 0.0489 e. The number of likely N-dealkylation sites (tertiary alicyclic amines) is 1. The smallest absolute Gasteiger partial charge is 0.0489 e. The van der Waals surface area contributed by atoms with Crippen molar-refractivity contribution in [2.45, 2.75) is 46.0 Å². The zero-order valence-electron chi connectivity index (χ0n) is 12.0. The third kappa shape index (κ3) is 3.07. The number of hydrogen-bond acceptors (Lipinski definition) is 1. The van der Waals surface area contributed by atoms with Gasteiger partial charge >= 0.3 is 0 Å². The topological polar surface area (TPSA) is 3.24 Å². The van der Waals surface area contributed by atoms with Gasteiger partial charge in [-0.15, -0.1) is 11.6 Å². The summed E-state index contributed by atoms with van der Waals surface area (Å²) in [5, 5.41) is 0.310. The maximum atomic E-state index is 6.39. The van der Waals surface area contributed by atoms with Gasteiger partial charge in [0.1, 0.15) is 0 Å². The minimum absolute atomic E-state index is 0.310. The van der Waals surface area contributed by atoms with Crippen molar-refractivity contribution in [2.24, 2.45) is 5.92 Å². The Morgan fingerprint density at radius 1 is 1.22 bits per heavy atom. The van der Waals surface area contributed by atoms with Crippen LogP contribution >= 0.6 is 11.6 Å². The molecule has 0 amide bonds. The molecular weight excluding hydrogens is 242 g/mol. The van der Waals surface area contributed by atoms with Crippen molar-refractivity contribution in [3.8, 4) is 0 Å². The van der Waals surface area contributed by atoms with Crippen LogP contribution in [0.5, 0.6) is 0 Å². The van der Waals surface area contributed by atoms with Gasteiger partial charge in [-0.3, -0.25) is 4.90 Å². The van der Waals surface area contributed by atoms with E-state index in [0.717, 1.165) is 13.1 Å². The molecule has 0 saturated carbocycles. The minimum Gasteiger partial charge on any atom is -0.298 e. The molecule has 0 radical (unpaired) electrons. The number of aryl methyl sites for hydroxylation is 3. The van der Waals surface area contributed by atoms with Crippen molar-refractivity contribution in [3.63, 3.8) is 0 Å². The molecule has 1 aromatic carbocycles. The summed E-state index contributed by atoms with van der Waals surface area (Å²) in [4.78, 5) is 2.50. The zero-order chi connectivity index (χ0) is 13.3. The molecular formula is C16H24ClN. The Kier molecular flexibility index (Phi) is 4.34. The van der Waals surface area contributed by atoms with Crippen LogP contribution in [0.3, 0.4) is 0 Å². The number of nitrogens with zero attached hydrogens (tertiary/aromatic N) is 1. The highest BCUT2D eigenvalue weighted by Crippen LogP contribution is 2.25. The lowest BCUT2D eigenvalue weighted by atomic mass is 9.96. The molecule has 1 nitrogen and oxygen atoms in total. The first kappa shape index (κ1) is 13.9. The second kappa shape index (κ2) is 5.63. The van der Waals surface area contributed by atoms with E-state index in [-0.39, 0.29) is 0 Å². The Balaban J connectivity index is 2.10. The SMILES string of the molecule is Cc1cc(C)c(CN2CCC(C)C(Cl)C2)c(C)c1. The molecule has 1 aliphatic heterocycles. The summed E-state index contributed by atoms with van der Waals surface area (Å²) < 4.78 is 0. The van der Waals surface area contributed by atoms with Crippen LogP contribution in [-0.2, 0) is 6.54 Å². The quantitative estimate of drug-likeness (QED) is 0.729. The molecule has 18 heavy (non-hydrogen) atoms. The van der Waals surface area contributed by atoms with Gasteiger partial charge in [0.2, 0.25) is 0 Å². The van der Waals surface area contributed by atoms with Crippen molar-refractivity contribution < 1.29 is 0 Å². The Bertz CT molecular complexity index is 404. The predicted molar refractivity (Wildman–Crippen MR) is 79.4 cm³/mol. The third-order valence-corrected chi connectivity index (χ3v) is 4.74. The molecule has 1 fully saturated rings. The number of halogens is 1. The van der Waals surface area contributed by atoms with Crippen LogP contribution in [-0.4, -0.2) is 23.4 Å². The highest BCUT2D eigenvalue weighted by atomic mass is 35.5. The van der Waals surface area contributed by atoms with Crippen molar-refractivity contribution >= 4 is 11.6 Å². The Labute approximate surface area is 116 Å². The summed E-state index contributed by atoms with van der Waals surface area (Å²) in [5.41, 5.74) is 5.67. The van der Waals surface area contributed by atoms with Crippen LogP contribution in [0.2, 0.25) is 0 Å². The number of rotatable bonds is 2. The summed E-state index contributed by atoms with van der Waals surface area (Å²) in [6.07, 6.45) is 1.22. The van der Waals surface area contributed by atoms with Gasteiger partial charge in [0.15, 0.2) is 0 Å². The summed E-state index contributed by atoms with van der Waals surface area (Å²) in [6, 6.07) is 4.57. The van der Waals surface area contributed by atoms with Crippen molar-refractivity contribution in [1.82, 2.24) is 4.90 Å². The van der Waals surface area contributed by atoms with Gasteiger partial charge in [0, 0.05) is 18.5 Å². The molecule has 0 bridgehead atoms. The Hall–Kier alpha value is -0.530. The average Bonchev–Trinajstić information content (AvgIpc) is 2.28. The van der Waals surface area contributed by atoms with Crippen molar-refractivity contribution in [3.05, 3.63) is 34.4 Å². The maximum absolute atomic E-state index is 6.39. The fraction of sp³-hybridized carbons (Fsp3) is 0.625. The summed E-state index contributed by atoms with van der Waals surface area (Å²) in [5.74, 6) is 0.656. The van der Waals surface area contributed by atoms with Crippen molar-refractivity contribution in [1.29, 1.82) is 0 Å². The minimum atomic E-state index is 0.310. The molecule has 2 unspecified atom stereocenters. The Morgan fingerprint density at radius 3 is 2.39 bits per heavy atom. The fourth-order valence-electron chi connectivity index (χ4n) is 2.91. The lowest BCUT2D eigenvalue weighted by molar-refractivity contribution is 0.189. The van der Waals surface area contributed by atoms with E-state index in [4.69, 9.17) is 11.6 Å². The van der Waals surface area contributed by atoms with Gasteiger partial charge < -0.3 is 0 Å². The molecule has 1 aliphatic rings. The van der Waals surface area contributed by atoms with E-state index >= 15 is 0 Å². The van der Waals surface area contributed by atoms with Crippen LogP contribution in [0.4, 0.5) is 0 Å². The number of hydrogen-bond donors (Lipinski definition) is 0. The first-order valence-electron chi connectivity index (χ1n) is 6.90. The van der Waals surface area contributed by atoms with E-state index in [0.29, 0.717) is 11.3 Å². The van der Waals surface area contributed by atoms with Gasteiger partial charge in [0.25, 0.3) is 0 Å².